The van der Waals surface area contributed by atoms with Gasteiger partial charge in [-0.15, -0.1) is 0 Å². The molecule has 214 valence electrons. The third-order valence-corrected chi connectivity index (χ3v) is 11.5. The maximum atomic E-state index is 6.37. The van der Waals surface area contributed by atoms with E-state index in [9.17, 15) is 0 Å². The lowest BCUT2D eigenvalue weighted by Crippen LogP contribution is -2.35. The van der Waals surface area contributed by atoms with Crippen LogP contribution in [-0.4, -0.2) is 0 Å². The van der Waals surface area contributed by atoms with Crippen molar-refractivity contribution in [2.24, 2.45) is 11.8 Å². The van der Waals surface area contributed by atoms with Crippen LogP contribution in [0.4, 0.5) is 0 Å². The molecular formula is C44H32O. The zero-order valence-electron chi connectivity index (χ0n) is 25.2. The van der Waals surface area contributed by atoms with Crippen LogP contribution in [0.5, 0.6) is 0 Å². The van der Waals surface area contributed by atoms with Gasteiger partial charge in [-0.1, -0.05) is 78.9 Å². The van der Waals surface area contributed by atoms with E-state index >= 15 is 0 Å². The highest BCUT2D eigenvalue weighted by atomic mass is 16.3. The van der Waals surface area contributed by atoms with Crippen LogP contribution >= 0.6 is 0 Å². The van der Waals surface area contributed by atoms with Crippen molar-refractivity contribution in [3.05, 3.63) is 142 Å². The number of hydrogen-bond acceptors (Lipinski definition) is 1. The second-order valence-electron chi connectivity index (χ2n) is 13.6. The SMILES string of the molecule is C1=CC2C=CC=C3c4cc5c(-c6ccco6)c6c(c(-c7ccccc7)c5cc4C(=C1)C32)C1=c2c-6cc3c(c2=CCC1)CCCC3. The van der Waals surface area contributed by atoms with Crippen molar-refractivity contribution in [2.45, 2.75) is 38.5 Å². The summed E-state index contributed by atoms with van der Waals surface area (Å²) < 4.78 is 6.37. The summed E-state index contributed by atoms with van der Waals surface area (Å²) in [5.74, 6) is 1.80. The lowest BCUT2D eigenvalue weighted by Gasteiger charge is -2.25. The predicted octanol–water partition coefficient (Wildman–Crippen LogP) is 9.55. The van der Waals surface area contributed by atoms with Crippen LogP contribution in [0.2, 0.25) is 0 Å². The number of furan rings is 1. The molecule has 0 aliphatic heterocycles. The topological polar surface area (TPSA) is 13.1 Å². The third-order valence-electron chi connectivity index (χ3n) is 11.5. The first-order valence-corrected chi connectivity index (χ1v) is 16.8. The molecule has 0 saturated carbocycles. The first-order valence-electron chi connectivity index (χ1n) is 16.8. The quantitative estimate of drug-likeness (QED) is 0.204. The van der Waals surface area contributed by atoms with E-state index in [1.165, 1.54) is 103 Å². The van der Waals surface area contributed by atoms with Gasteiger partial charge in [0.05, 0.1) is 6.26 Å². The van der Waals surface area contributed by atoms with Gasteiger partial charge < -0.3 is 4.42 Å². The summed E-state index contributed by atoms with van der Waals surface area (Å²) >= 11 is 0. The maximum absolute atomic E-state index is 6.37. The number of fused-ring (bicyclic) bond motifs is 9. The highest BCUT2D eigenvalue weighted by Gasteiger charge is 2.39. The molecule has 1 heteroatoms. The average molecular weight is 577 g/mol. The predicted molar refractivity (Wildman–Crippen MR) is 186 cm³/mol. The van der Waals surface area contributed by atoms with Gasteiger partial charge in [-0.25, -0.2) is 0 Å². The molecule has 0 bridgehead atoms. The van der Waals surface area contributed by atoms with Gasteiger partial charge in [-0.2, -0.15) is 0 Å². The minimum Gasteiger partial charge on any atom is -0.464 e. The molecule has 5 aromatic rings. The minimum absolute atomic E-state index is 0.406. The van der Waals surface area contributed by atoms with Gasteiger partial charge in [0, 0.05) is 23.0 Å². The normalized spacial score (nSPS) is 21.0. The molecule has 2 atom stereocenters. The molecule has 2 unspecified atom stereocenters. The Morgan fingerprint density at radius 2 is 1.44 bits per heavy atom. The monoisotopic (exact) mass is 576 g/mol. The molecule has 1 aromatic heterocycles. The first kappa shape index (κ1) is 24.4. The summed E-state index contributed by atoms with van der Waals surface area (Å²) in [6.45, 7) is 0. The molecule has 0 fully saturated rings. The van der Waals surface area contributed by atoms with Crippen LogP contribution in [0.15, 0.2) is 108 Å². The fraction of sp³-hybridized carbons (Fsp3) is 0.182. The van der Waals surface area contributed by atoms with E-state index in [-0.39, 0.29) is 0 Å². The summed E-state index contributed by atoms with van der Waals surface area (Å²) in [6.07, 6.45) is 25.6. The van der Waals surface area contributed by atoms with E-state index in [0.717, 1.165) is 18.6 Å². The standard InChI is InChI=1S/C44H32O/c1-2-10-26(11-3-1)40-35-23-33-30-16-6-13-25-14-7-17-31(39(25)30)34(33)24-36(35)42(38-20-9-21-45-38)44-37-22-27-12-4-5-15-28(27)29-18-8-19-32(41(29)37)43(40)44/h1-3,6-7,9-11,13-14,16-18,20-25,39H,4-5,8,12,15,19H2. The number of aryl methyl sites for hydroxylation is 1. The summed E-state index contributed by atoms with van der Waals surface area (Å²) in [7, 11) is 0. The molecule has 1 heterocycles. The maximum Gasteiger partial charge on any atom is 0.135 e. The first-order chi connectivity index (χ1) is 22.3. The third kappa shape index (κ3) is 3.14. The van der Waals surface area contributed by atoms with Crippen molar-refractivity contribution in [1.29, 1.82) is 0 Å². The van der Waals surface area contributed by atoms with Crippen LogP contribution in [0.25, 0.3) is 67.1 Å². The van der Waals surface area contributed by atoms with E-state index in [1.807, 2.05) is 6.26 Å². The molecule has 0 saturated heterocycles. The number of allylic oxidation sites excluding steroid dienone is 8. The molecule has 0 N–H and O–H groups in total. The summed E-state index contributed by atoms with van der Waals surface area (Å²) in [4.78, 5) is 0. The molecule has 6 aliphatic carbocycles. The Morgan fingerprint density at radius 3 is 2.22 bits per heavy atom. The molecule has 45 heavy (non-hydrogen) atoms. The summed E-state index contributed by atoms with van der Waals surface area (Å²) in [5.41, 5.74) is 18.6. The van der Waals surface area contributed by atoms with Gasteiger partial charge in [-0.05, 0) is 145 Å². The average Bonchev–Trinajstić information content (AvgIpc) is 3.82. The largest absolute Gasteiger partial charge is 0.464 e. The van der Waals surface area contributed by atoms with Crippen molar-refractivity contribution in [3.63, 3.8) is 0 Å². The molecule has 1 nitrogen and oxygen atoms in total. The Kier molecular flexibility index (Phi) is 4.81. The van der Waals surface area contributed by atoms with E-state index in [0.29, 0.717) is 11.8 Å². The summed E-state index contributed by atoms with van der Waals surface area (Å²) in [6, 6.07) is 23.1. The second-order valence-corrected chi connectivity index (χ2v) is 13.6. The van der Waals surface area contributed by atoms with E-state index in [2.05, 4.69) is 103 Å². The van der Waals surface area contributed by atoms with Crippen LogP contribution < -0.4 is 10.4 Å². The van der Waals surface area contributed by atoms with Gasteiger partial charge in [0.25, 0.3) is 0 Å². The van der Waals surface area contributed by atoms with Crippen LogP contribution in [0, 0.1) is 11.8 Å². The van der Waals surface area contributed by atoms with E-state index in [4.69, 9.17) is 4.42 Å². The molecule has 0 spiro atoms. The van der Waals surface area contributed by atoms with Gasteiger partial charge in [0.15, 0.2) is 0 Å². The molecule has 0 radical (unpaired) electrons. The zero-order chi connectivity index (χ0) is 29.2. The fourth-order valence-corrected chi connectivity index (χ4v) is 9.75. The highest BCUT2D eigenvalue weighted by Crippen LogP contribution is 2.57. The van der Waals surface area contributed by atoms with Crippen molar-refractivity contribution in [2.75, 3.05) is 0 Å². The van der Waals surface area contributed by atoms with Crippen molar-refractivity contribution in [3.8, 4) is 33.6 Å². The zero-order valence-corrected chi connectivity index (χ0v) is 25.2. The van der Waals surface area contributed by atoms with E-state index in [1.54, 1.807) is 16.7 Å². The molecule has 6 aliphatic rings. The minimum atomic E-state index is 0.406. The fourth-order valence-electron chi connectivity index (χ4n) is 9.75. The number of benzene rings is 4. The van der Waals surface area contributed by atoms with Crippen molar-refractivity contribution in [1.82, 2.24) is 0 Å². The lowest BCUT2D eigenvalue weighted by atomic mass is 9.78. The number of hydrogen-bond donors (Lipinski definition) is 0. The Morgan fingerprint density at radius 1 is 0.667 bits per heavy atom. The highest BCUT2D eigenvalue weighted by molar-refractivity contribution is 6.19. The van der Waals surface area contributed by atoms with Gasteiger partial charge in [-0.3, -0.25) is 0 Å². The Labute approximate surface area is 262 Å². The van der Waals surface area contributed by atoms with Gasteiger partial charge in [0.1, 0.15) is 5.76 Å². The Balaban J connectivity index is 1.36. The van der Waals surface area contributed by atoms with Crippen molar-refractivity contribution >= 4 is 33.6 Å². The van der Waals surface area contributed by atoms with Gasteiger partial charge >= 0.3 is 0 Å². The van der Waals surface area contributed by atoms with E-state index < -0.39 is 0 Å². The summed E-state index contributed by atoms with van der Waals surface area (Å²) in [5, 5.41) is 5.68. The van der Waals surface area contributed by atoms with Crippen molar-refractivity contribution < 1.29 is 4.42 Å². The van der Waals surface area contributed by atoms with Gasteiger partial charge in [0.2, 0.25) is 0 Å². The van der Waals surface area contributed by atoms with Crippen LogP contribution in [0.3, 0.4) is 0 Å². The molecule has 4 aromatic carbocycles. The molecule has 11 rings (SSSR count). The second kappa shape index (κ2) is 8.86. The van der Waals surface area contributed by atoms with Crippen LogP contribution in [-0.2, 0) is 12.8 Å². The van der Waals surface area contributed by atoms with Crippen LogP contribution in [0.1, 0.15) is 53.5 Å². The lowest BCUT2D eigenvalue weighted by molar-refractivity contribution is 0.583. The smallest absolute Gasteiger partial charge is 0.135 e. The molecule has 0 amide bonds. The Hall–Kier alpha value is -4.88. The molecular weight excluding hydrogens is 544 g/mol. The number of rotatable bonds is 2. The Bertz CT molecular complexity index is 2410.